The second kappa shape index (κ2) is 9.27. The van der Waals surface area contributed by atoms with Crippen LogP contribution >= 0.6 is 11.6 Å². The Morgan fingerprint density at radius 1 is 1.00 bits per heavy atom. The summed E-state index contributed by atoms with van der Waals surface area (Å²) < 4.78 is 13.1. The maximum Gasteiger partial charge on any atom is 0.251 e. The van der Waals surface area contributed by atoms with E-state index in [9.17, 15) is 14.0 Å². The van der Waals surface area contributed by atoms with E-state index in [0.717, 1.165) is 5.69 Å². The van der Waals surface area contributed by atoms with Crippen LogP contribution in [0.15, 0.2) is 48.5 Å². The topological polar surface area (TPSA) is 52.7 Å². The van der Waals surface area contributed by atoms with E-state index in [1.54, 1.807) is 4.90 Å². The van der Waals surface area contributed by atoms with Gasteiger partial charge >= 0.3 is 0 Å². The Bertz CT molecular complexity index is 865. The fourth-order valence-electron chi connectivity index (χ4n) is 3.41. The molecule has 7 heteroatoms. The first kappa shape index (κ1) is 21.1. The third kappa shape index (κ3) is 5.07. The minimum absolute atomic E-state index is 0.0755. The minimum Gasteiger partial charge on any atom is -0.367 e. The van der Waals surface area contributed by atoms with Gasteiger partial charge in [0.2, 0.25) is 5.91 Å². The van der Waals surface area contributed by atoms with Crippen LogP contribution in [0.3, 0.4) is 0 Å². The zero-order chi connectivity index (χ0) is 21.0. The van der Waals surface area contributed by atoms with Gasteiger partial charge in [0.15, 0.2) is 0 Å². The van der Waals surface area contributed by atoms with E-state index < -0.39 is 11.9 Å². The first-order valence-corrected chi connectivity index (χ1v) is 10.1. The number of carbonyl (C=O) groups is 2. The number of nitrogens with one attached hydrogen (secondary N) is 1. The SMILES string of the molecule is CC(C)C(NC(=O)c1ccc(F)cc1)C(=O)N1CCN(c2ccccc2Cl)CC1. The maximum absolute atomic E-state index is 13.1. The molecule has 0 bridgehead atoms. The van der Waals surface area contributed by atoms with Crippen LogP contribution in [0.1, 0.15) is 24.2 Å². The lowest BCUT2D eigenvalue weighted by molar-refractivity contribution is -0.134. The van der Waals surface area contributed by atoms with Crippen LogP contribution in [0.2, 0.25) is 5.02 Å². The molecule has 0 aromatic heterocycles. The Labute approximate surface area is 175 Å². The summed E-state index contributed by atoms with van der Waals surface area (Å²) in [4.78, 5) is 29.5. The predicted molar refractivity (Wildman–Crippen MR) is 113 cm³/mol. The molecule has 0 aliphatic carbocycles. The molecule has 1 aliphatic rings. The number of piperazine rings is 1. The van der Waals surface area contributed by atoms with E-state index in [1.165, 1.54) is 24.3 Å². The van der Waals surface area contributed by atoms with Crippen LogP contribution in [0, 0.1) is 11.7 Å². The van der Waals surface area contributed by atoms with Crippen LogP contribution in [0.4, 0.5) is 10.1 Å². The second-order valence-corrected chi connectivity index (χ2v) is 7.87. The van der Waals surface area contributed by atoms with Gasteiger partial charge < -0.3 is 15.1 Å². The number of anilines is 1. The standard InChI is InChI=1S/C22H25ClFN3O2/c1-15(2)20(25-21(28)16-7-9-17(24)10-8-16)22(29)27-13-11-26(12-14-27)19-6-4-3-5-18(19)23/h3-10,15,20H,11-14H2,1-2H3,(H,25,28). The molecule has 1 N–H and O–H groups in total. The van der Waals surface area contributed by atoms with E-state index in [4.69, 9.17) is 11.6 Å². The monoisotopic (exact) mass is 417 g/mol. The van der Waals surface area contributed by atoms with E-state index in [1.807, 2.05) is 38.1 Å². The molecule has 154 valence electrons. The first-order valence-electron chi connectivity index (χ1n) is 9.71. The summed E-state index contributed by atoms with van der Waals surface area (Å²) in [5.41, 5.74) is 1.29. The van der Waals surface area contributed by atoms with E-state index >= 15 is 0 Å². The highest BCUT2D eigenvalue weighted by Gasteiger charge is 2.31. The normalized spacial score (nSPS) is 15.3. The number of nitrogens with zero attached hydrogens (tertiary/aromatic N) is 2. The molecule has 1 fully saturated rings. The zero-order valence-corrected chi connectivity index (χ0v) is 17.3. The van der Waals surface area contributed by atoms with Gasteiger partial charge in [-0.1, -0.05) is 37.6 Å². The van der Waals surface area contributed by atoms with Crippen molar-refractivity contribution in [2.75, 3.05) is 31.1 Å². The predicted octanol–water partition coefficient (Wildman–Crippen LogP) is 3.58. The number of halogens is 2. The summed E-state index contributed by atoms with van der Waals surface area (Å²) in [6.45, 7) is 6.25. The van der Waals surface area contributed by atoms with Crippen molar-refractivity contribution in [3.63, 3.8) is 0 Å². The number of benzene rings is 2. The molecule has 2 amide bonds. The molecule has 1 atom stereocenters. The molecule has 0 saturated carbocycles. The lowest BCUT2D eigenvalue weighted by Crippen LogP contribution is -2.56. The lowest BCUT2D eigenvalue weighted by atomic mass is 10.0. The first-order chi connectivity index (χ1) is 13.9. The lowest BCUT2D eigenvalue weighted by Gasteiger charge is -2.38. The highest BCUT2D eigenvalue weighted by atomic mass is 35.5. The number of carbonyl (C=O) groups excluding carboxylic acids is 2. The molecule has 29 heavy (non-hydrogen) atoms. The van der Waals surface area contributed by atoms with Crippen molar-refractivity contribution < 1.29 is 14.0 Å². The van der Waals surface area contributed by atoms with Gasteiger partial charge in [0.25, 0.3) is 5.91 Å². The number of para-hydroxylation sites is 1. The highest BCUT2D eigenvalue weighted by molar-refractivity contribution is 6.33. The van der Waals surface area contributed by atoms with Gasteiger partial charge in [-0.2, -0.15) is 0 Å². The third-order valence-corrected chi connectivity index (χ3v) is 5.43. The van der Waals surface area contributed by atoms with Gasteiger partial charge in [0, 0.05) is 31.7 Å². The molecule has 1 unspecified atom stereocenters. The fourth-order valence-corrected chi connectivity index (χ4v) is 3.67. The molecule has 0 radical (unpaired) electrons. The molecular weight excluding hydrogens is 393 g/mol. The van der Waals surface area contributed by atoms with Gasteiger partial charge in [-0.05, 0) is 42.3 Å². The summed E-state index contributed by atoms with van der Waals surface area (Å²) >= 11 is 6.28. The average Bonchev–Trinajstić information content (AvgIpc) is 2.72. The summed E-state index contributed by atoms with van der Waals surface area (Å²) in [6, 6.07) is 12.3. The van der Waals surface area contributed by atoms with Crippen molar-refractivity contribution in [1.29, 1.82) is 0 Å². The third-order valence-electron chi connectivity index (χ3n) is 5.11. The van der Waals surface area contributed by atoms with Gasteiger partial charge in [0.1, 0.15) is 11.9 Å². The van der Waals surface area contributed by atoms with Crippen LogP contribution in [-0.4, -0.2) is 48.9 Å². The molecule has 1 heterocycles. The Hall–Kier alpha value is -2.60. The summed E-state index contributed by atoms with van der Waals surface area (Å²) in [6.07, 6.45) is 0. The molecule has 2 aromatic carbocycles. The largest absolute Gasteiger partial charge is 0.367 e. The van der Waals surface area contributed by atoms with Crippen molar-refractivity contribution in [1.82, 2.24) is 10.2 Å². The van der Waals surface area contributed by atoms with E-state index in [0.29, 0.717) is 36.8 Å². The van der Waals surface area contributed by atoms with Gasteiger partial charge in [0.05, 0.1) is 10.7 Å². The van der Waals surface area contributed by atoms with Crippen molar-refractivity contribution in [2.45, 2.75) is 19.9 Å². The highest BCUT2D eigenvalue weighted by Crippen LogP contribution is 2.26. The molecule has 5 nitrogen and oxygen atoms in total. The number of amides is 2. The van der Waals surface area contributed by atoms with Crippen molar-refractivity contribution >= 4 is 29.1 Å². The van der Waals surface area contributed by atoms with Crippen molar-refractivity contribution in [3.8, 4) is 0 Å². The van der Waals surface area contributed by atoms with Crippen LogP contribution < -0.4 is 10.2 Å². The summed E-state index contributed by atoms with van der Waals surface area (Å²) in [7, 11) is 0. The minimum atomic E-state index is -0.639. The Kier molecular flexibility index (Phi) is 6.75. The zero-order valence-electron chi connectivity index (χ0n) is 16.6. The second-order valence-electron chi connectivity index (χ2n) is 7.47. The van der Waals surface area contributed by atoms with Gasteiger partial charge in [-0.15, -0.1) is 0 Å². The van der Waals surface area contributed by atoms with E-state index in [-0.39, 0.29) is 17.7 Å². The number of hydrogen-bond acceptors (Lipinski definition) is 3. The molecule has 1 aliphatic heterocycles. The van der Waals surface area contributed by atoms with E-state index in [2.05, 4.69) is 10.2 Å². The number of rotatable bonds is 5. The molecule has 0 spiro atoms. The maximum atomic E-state index is 13.1. The Morgan fingerprint density at radius 2 is 1.62 bits per heavy atom. The summed E-state index contributed by atoms with van der Waals surface area (Å²) in [5, 5.41) is 3.51. The molecule has 1 saturated heterocycles. The summed E-state index contributed by atoms with van der Waals surface area (Å²) in [5.74, 6) is -0.969. The number of hydrogen-bond donors (Lipinski definition) is 1. The molecule has 3 rings (SSSR count). The average molecular weight is 418 g/mol. The molecule has 2 aromatic rings. The van der Waals surface area contributed by atoms with Gasteiger partial charge in [-0.25, -0.2) is 4.39 Å². The Morgan fingerprint density at radius 3 is 2.21 bits per heavy atom. The van der Waals surface area contributed by atoms with Crippen LogP contribution in [0.5, 0.6) is 0 Å². The van der Waals surface area contributed by atoms with Gasteiger partial charge in [-0.3, -0.25) is 9.59 Å². The fraction of sp³-hybridized carbons (Fsp3) is 0.364. The van der Waals surface area contributed by atoms with Crippen molar-refractivity contribution in [2.24, 2.45) is 5.92 Å². The van der Waals surface area contributed by atoms with Crippen LogP contribution in [0.25, 0.3) is 0 Å². The van der Waals surface area contributed by atoms with Crippen molar-refractivity contribution in [3.05, 3.63) is 64.9 Å². The molecular formula is C22H25ClFN3O2. The quantitative estimate of drug-likeness (QED) is 0.809. The van der Waals surface area contributed by atoms with Crippen LogP contribution in [-0.2, 0) is 4.79 Å². The smallest absolute Gasteiger partial charge is 0.251 e. The Balaban J connectivity index is 1.63.